The second-order valence-corrected chi connectivity index (χ2v) is 5.75. The Labute approximate surface area is 122 Å². The van der Waals surface area contributed by atoms with Crippen LogP contribution in [-0.4, -0.2) is 24.5 Å². The molecule has 1 saturated carbocycles. The van der Waals surface area contributed by atoms with Crippen LogP contribution in [0.5, 0.6) is 0 Å². The van der Waals surface area contributed by atoms with Gasteiger partial charge >= 0.3 is 0 Å². The number of nitrogens with two attached hydrogens (primary N) is 1. The summed E-state index contributed by atoms with van der Waals surface area (Å²) in [7, 11) is 2.06. The van der Waals surface area contributed by atoms with E-state index in [4.69, 9.17) is 5.73 Å². The molecule has 1 atom stereocenters. The first kappa shape index (κ1) is 15.9. The summed E-state index contributed by atoms with van der Waals surface area (Å²) >= 11 is 3.32. The van der Waals surface area contributed by atoms with E-state index in [0.717, 1.165) is 22.5 Å². The monoisotopic (exact) mass is 336 g/mol. The van der Waals surface area contributed by atoms with E-state index >= 15 is 0 Å². The van der Waals surface area contributed by atoms with E-state index in [9.17, 15) is 4.39 Å². The summed E-state index contributed by atoms with van der Waals surface area (Å²) in [5.74, 6) is 0.542. The fourth-order valence-corrected chi connectivity index (χ4v) is 2.83. The van der Waals surface area contributed by atoms with Crippen LogP contribution in [0, 0.1) is 11.7 Å². The third kappa shape index (κ3) is 4.19. The average Bonchev–Trinajstić information content (AvgIpc) is 3.01. The van der Waals surface area contributed by atoms with Crippen LogP contribution in [0.15, 0.2) is 22.7 Å². The van der Waals surface area contributed by atoms with Gasteiger partial charge in [0.25, 0.3) is 0 Å². The number of halogens is 3. The second kappa shape index (κ2) is 6.85. The highest BCUT2D eigenvalue weighted by Crippen LogP contribution is 2.35. The van der Waals surface area contributed by atoms with Crippen molar-refractivity contribution < 1.29 is 4.39 Å². The highest BCUT2D eigenvalue weighted by Gasteiger charge is 2.32. The number of benzene rings is 1. The molecule has 0 bridgehead atoms. The maximum Gasteiger partial charge on any atom is 0.124 e. The molecule has 1 aliphatic carbocycles. The van der Waals surface area contributed by atoms with Crippen LogP contribution < -0.4 is 5.73 Å². The quantitative estimate of drug-likeness (QED) is 0.894. The van der Waals surface area contributed by atoms with Gasteiger partial charge in [0, 0.05) is 23.6 Å². The lowest BCUT2D eigenvalue weighted by molar-refractivity contribution is 0.215. The van der Waals surface area contributed by atoms with Gasteiger partial charge in [0.2, 0.25) is 0 Å². The summed E-state index contributed by atoms with van der Waals surface area (Å²) in [6.45, 7) is 1.42. The van der Waals surface area contributed by atoms with Crippen molar-refractivity contribution in [3.8, 4) is 0 Å². The average molecular weight is 338 g/mol. The SMILES string of the molecule is CN(Cc1cc(F)cc(Br)c1)C(CN)C1CC1.Cl. The van der Waals surface area contributed by atoms with Crippen LogP contribution in [0.1, 0.15) is 18.4 Å². The van der Waals surface area contributed by atoms with Crippen LogP contribution >= 0.6 is 28.3 Å². The third-order valence-corrected chi connectivity index (χ3v) is 3.79. The van der Waals surface area contributed by atoms with Crippen molar-refractivity contribution >= 4 is 28.3 Å². The Balaban J connectivity index is 0.00000162. The lowest BCUT2D eigenvalue weighted by Gasteiger charge is -2.27. The van der Waals surface area contributed by atoms with Gasteiger partial charge in [-0.15, -0.1) is 12.4 Å². The summed E-state index contributed by atoms with van der Waals surface area (Å²) in [6.07, 6.45) is 2.55. The van der Waals surface area contributed by atoms with Crippen molar-refractivity contribution in [3.63, 3.8) is 0 Å². The molecule has 0 amide bonds. The zero-order valence-electron chi connectivity index (χ0n) is 10.4. The molecule has 102 valence electrons. The Morgan fingerprint density at radius 1 is 1.44 bits per heavy atom. The highest BCUT2D eigenvalue weighted by atomic mass is 79.9. The summed E-state index contributed by atoms with van der Waals surface area (Å²) in [5, 5.41) is 0. The first-order valence-electron chi connectivity index (χ1n) is 5.95. The van der Waals surface area contributed by atoms with Crippen LogP contribution in [0.25, 0.3) is 0 Å². The van der Waals surface area contributed by atoms with E-state index in [1.807, 2.05) is 6.07 Å². The minimum absolute atomic E-state index is 0. The highest BCUT2D eigenvalue weighted by molar-refractivity contribution is 9.10. The first-order chi connectivity index (χ1) is 8.10. The zero-order chi connectivity index (χ0) is 12.4. The van der Waals surface area contributed by atoms with Gasteiger partial charge in [-0.05, 0) is 49.6 Å². The van der Waals surface area contributed by atoms with Crippen LogP contribution in [0.3, 0.4) is 0 Å². The maximum atomic E-state index is 13.3. The zero-order valence-corrected chi connectivity index (χ0v) is 12.8. The number of hydrogen-bond acceptors (Lipinski definition) is 2. The smallest absolute Gasteiger partial charge is 0.124 e. The Kier molecular flexibility index (Phi) is 6.05. The molecule has 2 rings (SSSR count). The Bertz CT molecular complexity index is 378. The number of hydrogen-bond donors (Lipinski definition) is 1. The van der Waals surface area contributed by atoms with Crippen LogP contribution in [0.2, 0.25) is 0 Å². The van der Waals surface area contributed by atoms with E-state index in [1.165, 1.54) is 18.9 Å². The standard InChI is InChI=1S/C13H18BrFN2.ClH/c1-17(13(7-16)10-2-3-10)8-9-4-11(14)6-12(15)5-9;/h4-6,10,13H,2-3,7-8,16H2,1H3;1H. The van der Waals surface area contributed by atoms with E-state index in [1.54, 1.807) is 6.07 Å². The maximum absolute atomic E-state index is 13.3. The predicted octanol–water partition coefficient (Wildman–Crippen LogP) is 3.18. The Morgan fingerprint density at radius 2 is 2.11 bits per heavy atom. The van der Waals surface area contributed by atoms with Gasteiger partial charge in [-0.25, -0.2) is 4.39 Å². The molecule has 0 aliphatic heterocycles. The first-order valence-corrected chi connectivity index (χ1v) is 6.74. The van der Waals surface area contributed by atoms with E-state index in [2.05, 4.69) is 27.9 Å². The molecule has 0 saturated heterocycles. The van der Waals surface area contributed by atoms with E-state index in [-0.39, 0.29) is 18.2 Å². The van der Waals surface area contributed by atoms with Gasteiger partial charge in [-0.3, -0.25) is 4.90 Å². The summed E-state index contributed by atoms with van der Waals surface area (Å²) in [6, 6.07) is 5.45. The van der Waals surface area contributed by atoms with Gasteiger partial charge in [0.05, 0.1) is 0 Å². The molecule has 1 fully saturated rings. The lowest BCUT2D eigenvalue weighted by Crippen LogP contribution is -2.39. The van der Waals surface area contributed by atoms with Crippen LogP contribution in [-0.2, 0) is 6.54 Å². The molecule has 1 aliphatic rings. The molecular weight excluding hydrogens is 319 g/mol. The predicted molar refractivity (Wildman–Crippen MR) is 78.4 cm³/mol. The third-order valence-electron chi connectivity index (χ3n) is 3.33. The molecule has 2 nitrogen and oxygen atoms in total. The molecule has 5 heteroatoms. The van der Waals surface area contributed by atoms with Crippen molar-refractivity contribution in [3.05, 3.63) is 34.1 Å². The molecule has 0 heterocycles. The summed E-state index contributed by atoms with van der Waals surface area (Å²) in [4.78, 5) is 2.24. The summed E-state index contributed by atoms with van der Waals surface area (Å²) in [5.41, 5.74) is 6.79. The fraction of sp³-hybridized carbons (Fsp3) is 0.538. The molecule has 0 spiro atoms. The lowest BCUT2D eigenvalue weighted by atomic mass is 10.1. The van der Waals surface area contributed by atoms with Gasteiger partial charge in [-0.2, -0.15) is 0 Å². The van der Waals surface area contributed by atoms with Crippen molar-refractivity contribution in [2.24, 2.45) is 11.7 Å². The Hall–Kier alpha value is -0.160. The van der Waals surface area contributed by atoms with Crippen molar-refractivity contribution in [2.75, 3.05) is 13.6 Å². The largest absolute Gasteiger partial charge is 0.329 e. The van der Waals surface area contributed by atoms with Crippen LogP contribution in [0.4, 0.5) is 4.39 Å². The summed E-state index contributed by atoms with van der Waals surface area (Å²) < 4.78 is 14.0. The minimum Gasteiger partial charge on any atom is -0.329 e. The van der Waals surface area contributed by atoms with E-state index in [0.29, 0.717) is 12.6 Å². The van der Waals surface area contributed by atoms with Gasteiger partial charge < -0.3 is 5.73 Å². The van der Waals surface area contributed by atoms with Gasteiger partial charge in [0.1, 0.15) is 5.82 Å². The molecule has 2 N–H and O–H groups in total. The molecule has 1 aromatic carbocycles. The molecular formula is C13H19BrClFN2. The van der Waals surface area contributed by atoms with Crippen molar-refractivity contribution in [1.29, 1.82) is 0 Å². The number of likely N-dealkylation sites (N-methyl/N-ethyl adjacent to an activating group) is 1. The number of nitrogens with zero attached hydrogens (tertiary/aromatic N) is 1. The van der Waals surface area contributed by atoms with Gasteiger partial charge in [-0.1, -0.05) is 15.9 Å². The molecule has 1 unspecified atom stereocenters. The number of rotatable bonds is 5. The Morgan fingerprint density at radius 3 is 2.61 bits per heavy atom. The topological polar surface area (TPSA) is 29.3 Å². The molecule has 0 radical (unpaired) electrons. The molecule has 18 heavy (non-hydrogen) atoms. The minimum atomic E-state index is -0.196. The fourth-order valence-electron chi connectivity index (χ4n) is 2.32. The second-order valence-electron chi connectivity index (χ2n) is 4.83. The van der Waals surface area contributed by atoms with E-state index < -0.39 is 0 Å². The molecule has 0 aromatic heterocycles. The normalized spacial score (nSPS) is 16.5. The van der Waals surface area contributed by atoms with Crippen molar-refractivity contribution in [2.45, 2.75) is 25.4 Å². The van der Waals surface area contributed by atoms with Gasteiger partial charge in [0.15, 0.2) is 0 Å². The van der Waals surface area contributed by atoms with Crippen molar-refractivity contribution in [1.82, 2.24) is 4.90 Å². The molecule has 1 aromatic rings.